The molecule has 0 bridgehead atoms. The minimum atomic E-state index is -0.981. The van der Waals surface area contributed by atoms with Gasteiger partial charge in [-0.05, 0) is 20.8 Å². The molecule has 0 atom stereocenters. The van der Waals surface area contributed by atoms with Crippen LogP contribution in [0.2, 0.25) is 0 Å². The van der Waals surface area contributed by atoms with E-state index in [0.717, 1.165) is 12.2 Å². The van der Waals surface area contributed by atoms with Gasteiger partial charge in [-0.1, -0.05) is 13.2 Å². The van der Waals surface area contributed by atoms with Crippen molar-refractivity contribution < 1.29 is 29.7 Å². The summed E-state index contributed by atoms with van der Waals surface area (Å²) in [5, 5.41) is 23.5. The van der Waals surface area contributed by atoms with Crippen LogP contribution in [0.5, 0.6) is 0 Å². The Kier molecular flexibility index (Phi) is 12.4. The predicted molar refractivity (Wildman–Crippen MR) is 62.8 cm³/mol. The molecule has 6 nitrogen and oxygen atoms in total. The highest BCUT2D eigenvalue weighted by Gasteiger charge is 2.18. The van der Waals surface area contributed by atoms with Gasteiger partial charge in [-0.15, -0.1) is 0 Å². The molecule has 0 aliphatic heterocycles. The molecule has 0 aromatic carbocycles. The van der Waals surface area contributed by atoms with E-state index in [1.807, 2.05) is 0 Å². The molecule has 0 fully saturated rings. The molecule has 0 aromatic heterocycles. The first-order valence-electron chi connectivity index (χ1n) is 4.43. The van der Waals surface area contributed by atoms with E-state index >= 15 is 0 Å². The van der Waals surface area contributed by atoms with Crippen molar-refractivity contribution in [1.82, 2.24) is 0 Å². The van der Waals surface area contributed by atoms with Crippen LogP contribution in [0, 0.1) is 5.41 Å². The Morgan fingerprint density at radius 3 is 1.00 bits per heavy atom. The molecule has 0 unspecified atom stereocenters. The first kappa shape index (κ1) is 20.3. The molecule has 98 valence electrons. The highest BCUT2D eigenvalue weighted by Crippen LogP contribution is 2.11. The van der Waals surface area contributed by atoms with Crippen molar-refractivity contribution in [3.8, 4) is 0 Å². The summed E-state index contributed by atoms with van der Waals surface area (Å²) in [6.07, 6.45) is 1.67. The molecule has 3 N–H and O–H groups in total. The minimum absolute atomic E-state index is 0.583. The van der Waals surface area contributed by atoms with Crippen molar-refractivity contribution in [3.63, 3.8) is 0 Å². The molecule has 0 rings (SSSR count). The van der Waals surface area contributed by atoms with Gasteiger partial charge in [-0.25, -0.2) is 9.59 Å². The van der Waals surface area contributed by atoms with Crippen LogP contribution in [-0.4, -0.2) is 33.2 Å². The summed E-state index contributed by atoms with van der Waals surface area (Å²) in [6.45, 7) is 10.9. The number of carboxylic acid groups (broad SMARTS) is 3. The topological polar surface area (TPSA) is 112 Å². The van der Waals surface area contributed by atoms with E-state index in [2.05, 4.69) is 13.2 Å². The van der Waals surface area contributed by atoms with E-state index in [0.29, 0.717) is 0 Å². The largest absolute Gasteiger partial charge is 0.481 e. The molecular formula is C11H18O6. The molecule has 0 aliphatic carbocycles. The van der Waals surface area contributed by atoms with Gasteiger partial charge in [0.2, 0.25) is 0 Å². The van der Waals surface area contributed by atoms with Gasteiger partial charge in [0.1, 0.15) is 0 Å². The summed E-state index contributed by atoms with van der Waals surface area (Å²) in [4.78, 5) is 28.5. The second kappa shape index (κ2) is 10.4. The predicted octanol–water partition coefficient (Wildman–Crippen LogP) is 1.63. The normalized spacial score (nSPS) is 8.41. The fourth-order valence-electron chi connectivity index (χ4n) is 0. The number of carbonyl (C=O) groups is 3. The maximum Gasteiger partial charge on any atom is 0.327 e. The smallest absolute Gasteiger partial charge is 0.327 e. The van der Waals surface area contributed by atoms with Crippen LogP contribution in [0.3, 0.4) is 0 Å². The monoisotopic (exact) mass is 246 g/mol. The highest BCUT2D eigenvalue weighted by molar-refractivity contribution is 5.79. The first-order valence-corrected chi connectivity index (χ1v) is 4.43. The molecule has 0 heterocycles. The summed E-state index contributed by atoms with van der Waals surface area (Å²) in [6, 6.07) is 0. The molecule has 0 radical (unpaired) electrons. The summed E-state index contributed by atoms with van der Waals surface area (Å²) in [5.41, 5.74) is -0.583. The van der Waals surface area contributed by atoms with E-state index in [-0.39, 0.29) is 0 Å². The van der Waals surface area contributed by atoms with E-state index in [1.165, 1.54) is 0 Å². The van der Waals surface area contributed by atoms with E-state index in [4.69, 9.17) is 15.3 Å². The standard InChI is InChI=1S/C5H10O2.2C3H4O2/c1-5(2,3)4(6)7;2*1-2-3(4)5/h1-3H3,(H,6,7);2*2H,1H2,(H,4,5). The molecule has 17 heavy (non-hydrogen) atoms. The number of hydrogen-bond donors (Lipinski definition) is 3. The van der Waals surface area contributed by atoms with Crippen LogP contribution in [0.25, 0.3) is 0 Å². The number of carboxylic acids is 3. The lowest BCUT2D eigenvalue weighted by Crippen LogP contribution is -2.18. The van der Waals surface area contributed by atoms with Crippen molar-refractivity contribution in [2.24, 2.45) is 5.41 Å². The van der Waals surface area contributed by atoms with Gasteiger partial charge >= 0.3 is 17.9 Å². The van der Waals surface area contributed by atoms with E-state index < -0.39 is 23.3 Å². The summed E-state index contributed by atoms with van der Waals surface area (Å²) in [7, 11) is 0. The molecule has 0 aromatic rings. The Balaban J connectivity index is -0.000000177. The fraction of sp³-hybridized carbons (Fsp3) is 0.364. The molecule has 0 amide bonds. The lowest BCUT2D eigenvalue weighted by atomic mass is 9.98. The number of hydrogen-bond acceptors (Lipinski definition) is 3. The van der Waals surface area contributed by atoms with Crippen LogP contribution in [-0.2, 0) is 14.4 Å². The zero-order chi connectivity index (χ0) is 14.6. The van der Waals surface area contributed by atoms with Gasteiger partial charge in [-0.2, -0.15) is 0 Å². The third-order valence-corrected chi connectivity index (χ3v) is 0.991. The highest BCUT2D eigenvalue weighted by atomic mass is 16.4. The van der Waals surface area contributed by atoms with Gasteiger partial charge < -0.3 is 15.3 Å². The Hall–Kier alpha value is -2.11. The SMILES string of the molecule is C=CC(=O)O.C=CC(=O)O.CC(C)(C)C(=O)O. The number of aliphatic carboxylic acids is 3. The molecule has 0 spiro atoms. The Morgan fingerprint density at radius 2 is 1.00 bits per heavy atom. The van der Waals surface area contributed by atoms with Gasteiger partial charge in [0, 0.05) is 12.2 Å². The van der Waals surface area contributed by atoms with Gasteiger partial charge in [0.15, 0.2) is 0 Å². The number of rotatable bonds is 2. The zero-order valence-electron chi connectivity index (χ0n) is 10.1. The minimum Gasteiger partial charge on any atom is -0.481 e. The average Bonchev–Trinajstić information content (AvgIpc) is 2.18. The zero-order valence-corrected chi connectivity index (χ0v) is 10.1. The lowest BCUT2D eigenvalue weighted by molar-refractivity contribution is -0.145. The van der Waals surface area contributed by atoms with Crippen molar-refractivity contribution in [2.45, 2.75) is 20.8 Å². The quantitative estimate of drug-likeness (QED) is 0.638. The molecular weight excluding hydrogens is 228 g/mol. The third kappa shape index (κ3) is 31.5. The molecule has 0 aliphatic rings. The summed E-state index contributed by atoms with van der Waals surface area (Å²) < 4.78 is 0. The van der Waals surface area contributed by atoms with Crippen LogP contribution in [0.4, 0.5) is 0 Å². The summed E-state index contributed by atoms with van der Waals surface area (Å²) >= 11 is 0. The molecule has 0 saturated carbocycles. The van der Waals surface area contributed by atoms with Gasteiger partial charge in [-0.3, -0.25) is 4.79 Å². The van der Waals surface area contributed by atoms with Crippen molar-refractivity contribution >= 4 is 17.9 Å². The Morgan fingerprint density at radius 1 is 0.882 bits per heavy atom. The second-order valence-electron chi connectivity index (χ2n) is 3.64. The van der Waals surface area contributed by atoms with Gasteiger partial charge in [0.05, 0.1) is 5.41 Å². The van der Waals surface area contributed by atoms with Crippen LogP contribution >= 0.6 is 0 Å². The first-order chi connectivity index (χ1) is 7.48. The average molecular weight is 246 g/mol. The van der Waals surface area contributed by atoms with Crippen molar-refractivity contribution in [3.05, 3.63) is 25.3 Å². The lowest BCUT2D eigenvalue weighted by Gasteiger charge is -2.08. The Bertz CT molecular complexity index is 267. The molecule has 6 heteroatoms. The maximum absolute atomic E-state index is 10.0. The maximum atomic E-state index is 10.0. The van der Waals surface area contributed by atoms with Crippen molar-refractivity contribution in [2.75, 3.05) is 0 Å². The second-order valence-corrected chi connectivity index (χ2v) is 3.64. The van der Waals surface area contributed by atoms with Crippen molar-refractivity contribution in [1.29, 1.82) is 0 Å². The molecule has 0 saturated heterocycles. The van der Waals surface area contributed by atoms with E-state index in [1.54, 1.807) is 20.8 Å². The van der Waals surface area contributed by atoms with Crippen LogP contribution in [0.15, 0.2) is 25.3 Å². The Labute approximate surface area is 99.9 Å². The fourth-order valence-corrected chi connectivity index (χ4v) is 0. The van der Waals surface area contributed by atoms with Crippen LogP contribution < -0.4 is 0 Å². The third-order valence-electron chi connectivity index (χ3n) is 0.991. The van der Waals surface area contributed by atoms with E-state index in [9.17, 15) is 14.4 Å². The van der Waals surface area contributed by atoms with Gasteiger partial charge in [0.25, 0.3) is 0 Å². The van der Waals surface area contributed by atoms with Crippen LogP contribution in [0.1, 0.15) is 20.8 Å². The summed E-state index contributed by atoms with van der Waals surface area (Å²) in [5.74, 6) is -2.72.